The van der Waals surface area contributed by atoms with Crippen molar-refractivity contribution in [2.24, 2.45) is 5.92 Å². The Morgan fingerprint density at radius 2 is 1.52 bits per heavy atom. The summed E-state index contributed by atoms with van der Waals surface area (Å²) in [4.78, 5) is 48.8. The maximum Gasteiger partial charge on any atom is 0.328 e. The number of carbonyl (C=O) groups is 4. The summed E-state index contributed by atoms with van der Waals surface area (Å²) in [6.07, 6.45) is -0.0804. The van der Waals surface area contributed by atoms with Crippen molar-refractivity contribution in [1.29, 1.82) is 0 Å². The maximum absolute atomic E-state index is 12.7. The number of rotatable bonds is 5. The van der Waals surface area contributed by atoms with Crippen molar-refractivity contribution in [1.82, 2.24) is 10.6 Å². The van der Waals surface area contributed by atoms with Crippen molar-refractivity contribution in [2.45, 2.75) is 12.3 Å². The maximum atomic E-state index is 12.7. The first kappa shape index (κ1) is 19.3. The van der Waals surface area contributed by atoms with E-state index in [1.807, 2.05) is 0 Å². The van der Waals surface area contributed by atoms with E-state index >= 15 is 0 Å². The summed E-state index contributed by atoms with van der Waals surface area (Å²) in [5, 5.41) is 4.69. The van der Waals surface area contributed by atoms with Gasteiger partial charge >= 0.3 is 6.03 Å². The molecule has 1 saturated heterocycles. The van der Waals surface area contributed by atoms with E-state index in [0.29, 0.717) is 16.1 Å². The summed E-state index contributed by atoms with van der Waals surface area (Å²) in [6.45, 7) is 0. The lowest BCUT2D eigenvalue weighted by molar-refractivity contribution is -0.136. The smallest absolute Gasteiger partial charge is 0.294 e. The Hall–Kier alpha value is -2.51. The Labute approximate surface area is 168 Å². The van der Waals surface area contributed by atoms with Gasteiger partial charge in [-0.25, -0.2) is 4.79 Å². The van der Waals surface area contributed by atoms with Crippen molar-refractivity contribution < 1.29 is 19.2 Å². The molecule has 1 fully saturated rings. The highest BCUT2D eigenvalue weighted by molar-refractivity contribution is 9.10. The van der Waals surface area contributed by atoms with Crippen LogP contribution < -0.4 is 10.6 Å². The van der Waals surface area contributed by atoms with E-state index in [1.165, 1.54) is 0 Å². The van der Waals surface area contributed by atoms with E-state index in [0.717, 1.165) is 4.47 Å². The molecule has 8 heteroatoms. The number of urea groups is 1. The number of amides is 4. The van der Waals surface area contributed by atoms with Crippen LogP contribution in [0.5, 0.6) is 0 Å². The molecule has 1 aliphatic heterocycles. The van der Waals surface area contributed by atoms with Gasteiger partial charge in [-0.15, -0.1) is 0 Å². The van der Waals surface area contributed by atoms with Gasteiger partial charge in [-0.05, 0) is 42.0 Å². The standard InChI is InChI=1S/C19H14BrClN2O4/c20-12-5-1-10(2-6-12)14(16-17(25)22-19(27)23-18(16)26)9-15(24)11-3-7-13(21)8-4-11/h1-8,14,16H,9H2,(H2,22,23,25,26,27)/t14-/m1/s1. The topological polar surface area (TPSA) is 92.3 Å². The van der Waals surface area contributed by atoms with Gasteiger partial charge in [0.25, 0.3) is 0 Å². The van der Waals surface area contributed by atoms with Crippen molar-refractivity contribution >= 4 is 51.2 Å². The summed E-state index contributed by atoms with van der Waals surface area (Å²) >= 11 is 9.19. The van der Waals surface area contributed by atoms with Gasteiger partial charge in [0.05, 0.1) is 0 Å². The quantitative estimate of drug-likeness (QED) is 0.540. The van der Waals surface area contributed by atoms with Crippen LogP contribution in [0.1, 0.15) is 28.3 Å². The average molecular weight is 450 g/mol. The molecule has 1 aliphatic rings. The van der Waals surface area contributed by atoms with Gasteiger partial charge in [0.15, 0.2) is 5.78 Å². The monoisotopic (exact) mass is 448 g/mol. The third kappa shape index (κ3) is 4.43. The first-order chi connectivity index (χ1) is 12.8. The number of benzene rings is 2. The van der Waals surface area contributed by atoms with E-state index in [1.54, 1.807) is 48.5 Å². The predicted molar refractivity (Wildman–Crippen MR) is 102 cm³/mol. The molecule has 27 heavy (non-hydrogen) atoms. The molecule has 0 bridgehead atoms. The van der Waals surface area contributed by atoms with Gasteiger partial charge in [-0.2, -0.15) is 0 Å². The fourth-order valence-corrected chi connectivity index (χ4v) is 3.38. The van der Waals surface area contributed by atoms with Crippen LogP contribution in [0.25, 0.3) is 0 Å². The molecule has 2 N–H and O–H groups in total. The Balaban J connectivity index is 1.94. The second-order valence-corrected chi connectivity index (χ2v) is 7.43. The molecule has 0 radical (unpaired) electrons. The number of Topliss-reactive ketones (excluding diaryl/α,β-unsaturated/α-hetero) is 1. The highest BCUT2D eigenvalue weighted by Gasteiger charge is 2.41. The number of nitrogens with one attached hydrogen (secondary N) is 2. The summed E-state index contributed by atoms with van der Waals surface area (Å²) in [6, 6.07) is 12.5. The van der Waals surface area contributed by atoms with Crippen LogP contribution in [0.2, 0.25) is 5.02 Å². The molecule has 0 saturated carbocycles. The lowest BCUT2D eigenvalue weighted by Gasteiger charge is -2.28. The molecule has 1 heterocycles. The van der Waals surface area contributed by atoms with Crippen LogP contribution in [0.3, 0.4) is 0 Å². The van der Waals surface area contributed by atoms with Crippen LogP contribution >= 0.6 is 27.5 Å². The van der Waals surface area contributed by atoms with Crippen molar-refractivity contribution in [3.05, 3.63) is 69.2 Å². The molecule has 0 aliphatic carbocycles. The largest absolute Gasteiger partial charge is 0.328 e. The highest BCUT2D eigenvalue weighted by atomic mass is 79.9. The predicted octanol–water partition coefficient (Wildman–Crippen LogP) is 3.44. The van der Waals surface area contributed by atoms with Crippen LogP contribution in [0.15, 0.2) is 53.0 Å². The zero-order chi connectivity index (χ0) is 19.6. The minimum Gasteiger partial charge on any atom is -0.294 e. The molecular formula is C19H14BrClN2O4. The van der Waals surface area contributed by atoms with Crippen molar-refractivity contribution in [2.75, 3.05) is 0 Å². The van der Waals surface area contributed by atoms with Gasteiger partial charge in [0.1, 0.15) is 5.92 Å². The Morgan fingerprint density at radius 1 is 0.963 bits per heavy atom. The van der Waals surface area contributed by atoms with Crippen LogP contribution in [0.4, 0.5) is 4.79 Å². The van der Waals surface area contributed by atoms with E-state index in [2.05, 4.69) is 26.6 Å². The first-order valence-corrected chi connectivity index (χ1v) is 9.22. The average Bonchev–Trinajstić information content (AvgIpc) is 2.61. The second-order valence-electron chi connectivity index (χ2n) is 6.08. The van der Waals surface area contributed by atoms with Gasteiger partial charge in [0.2, 0.25) is 11.8 Å². The van der Waals surface area contributed by atoms with E-state index in [4.69, 9.17) is 11.6 Å². The molecule has 0 aromatic heterocycles. The zero-order valence-corrected chi connectivity index (χ0v) is 16.2. The number of carbonyl (C=O) groups excluding carboxylic acids is 4. The highest BCUT2D eigenvalue weighted by Crippen LogP contribution is 2.32. The van der Waals surface area contributed by atoms with Crippen molar-refractivity contribution in [3.8, 4) is 0 Å². The van der Waals surface area contributed by atoms with E-state index in [9.17, 15) is 19.2 Å². The van der Waals surface area contributed by atoms with Gasteiger partial charge in [-0.1, -0.05) is 39.7 Å². The molecule has 0 unspecified atom stereocenters. The lowest BCUT2D eigenvalue weighted by atomic mass is 9.79. The summed E-state index contributed by atoms with van der Waals surface area (Å²) in [5.41, 5.74) is 1.07. The third-order valence-electron chi connectivity index (χ3n) is 4.31. The SMILES string of the molecule is O=C1NC(=O)C([C@H](CC(=O)c2ccc(Cl)cc2)c2ccc(Br)cc2)C(=O)N1. The fourth-order valence-electron chi connectivity index (χ4n) is 2.99. The number of barbiturate groups is 1. The number of ketones is 1. The molecule has 1 atom stereocenters. The van der Waals surface area contributed by atoms with Crippen LogP contribution in [0, 0.1) is 5.92 Å². The number of hydrogen-bond donors (Lipinski definition) is 2. The molecule has 2 aromatic rings. The normalized spacial score (nSPS) is 15.9. The zero-order valence-electron chi connectivity index (χ0n) is 13.9. The molecule has 0 spiro atoms. The first-order valence-electron chi connectivity index (χ1n) is 8.05. The molecule has 138 valence electrons. The molecular weight excluding hydrogens is 436 g/mol. The minimum absolute atomic E-state index is 0.0804. The summed E-state index contributed by atoms with van der Waals surface area (Å²) < 4.78 is 0.821. The van der Waals surface area contributed by atoms with Crippen LogP contribution in [-0.4, -0.2) is 23.6 Å². The van der Waals surface area contributed by atoms with Crippen molar-refractivity contribution in [3.63, 3.8) is 0 Å². The summed E-state index contributed by atoms with van der Waals surface area (Å²) in [7, 11) is 0. The molecule has 2 aromatic carbocycles. The van der Waals surface area contributed by atoms with Gasteiger partial charge in [0, 0.05) is 27.4 Å². The molecule has 3 rings (SSSR count). The summed E-state index contributed by atoms with van der Waals surface area (Å²) in [5.74, 6) is -3.60. The van der Waals surface area contributed by atoms with Gasteiger partial charge < -0.3 is 0 Å². The van der Waals surface area contributed by atoms with E-state index in [-0.39, 0.29) is 12.2 Å². The number of hydrogen-bond acceptors (Lipinski definition) is 4. The Bertz CT molecular complexity index is 892. The Morgan fingerprint density at radius 3 is 2.07 bits per heavy atom. The van der Waals surface area contributed by atoms with Gasteiger partial charge in [-0.3, -0.25) is 25.0 Å². The fraction of sp³-hybridized carbons (Fsp3) is 0.158. The number of imide groups is 2. The molecule has 4 amide bonds. The van der Waals surface area contributed by atoms with E-state index < -0.39 is 29.7 Å². The third-order valence-corrected chi connectivity index (χ3v) is 5.09. The lowest BCUT2D eigenvalue weighted by Crippen LogP contribution is -2.57. The minimum atomic E-state index is -1.19. The Kier molecular flexibility index (Phi) is 5.72. The number of halogens is 2. The van der Waals surface area contributed by atoms with Crippen LogP contribution in [-0.2, 0) is 9.59 Å². The second kappa shape index (κ2) is 8.02. The molecule has 6 nitrogen and oxygen atoms in total.